The molecule has 0 unspecified atom stereocenters. The zero-order valence-electron chi connectivity index (χ0n) is 13.9. The number of halogens is 1. The van der Waals surface area contributed by atoms with E-state index >= 15 is 0 Å². The molecule has 1 saturated heterocycles. The quantitative estimate of drug-likeness (QED) is 0.853. The van der Waals surface area contributed by atoms with Crippen molar-refractivity contribution < 1.29 is 13.7 Å². The van der Waals surface area contributed by atoms with Crippen LogP contribution in [0.3, 0.4) is 0 Å². The highest BCUT2D eigenvalue weighted by Crippen LogP contribution is 2.50. The average Bonchev–Trinajstić information content (AvgIpc) is 3.51. The lowest BCUT2D eigenvalue weighted by Crippen LogP contribution is -2.32. The van der Waals surface area contributed by atoms with Gasteiger partial charge in [0.05, 0.1) is 6.04 Å². The molecule has 3 aliphatic rings. The van der Waals surface area contributed by atoms with Gasteiger partial charge < -0.3 is 9.42 Å². The zero-order valence-corrected chi connectivity index (χ0v) is 13.9. The number of benzene rings is 1. The van der Waals surface area contributed by atoms with Crippen LogP contribution < -0.4 is 0 Å². The Balaban J connectivity index is 1.31. The maximum absolute atomic E-state index is 13.4. The normalized spacial score (nSPS) is 28.4. The minimum Gasteiger partial charge on any atom is -0.339 e. The van der Waals surface area contributed by atoms with Crippen LogP contribution >= 0.6 is 0 Å². The van der Waals surface area contributed by atoms with Crippen molar-refractivity contribution in [2.45, 2.75) is 50.0 Å². The summed E-state index contributed by atoms with van der Waals surface area (Å²) in [6.07, 6.45) is 4.87. The Bertz CT molecular complexity index is 817. The van der Waals surface area contributed by atoms with E-state index in [4.69, 9.17) is 4.52 Å². The summed E-state index contributed by atoms with van der Waals surface area (Å²) in [6, 6.07) is 6.52. The van der Waals surface area contributed by atoms with E-state index in [1.165, 1.54) is 6.07 Å². The third-order valence-corrected chi connectivity index (χ3v) is 5.60. The second-order valence-electron chi connectivity index (χ2n) is 7.46. The molecule has 6 heteroatoms. The summed E-state index contributed by atoms with van der Waals surface area (Å²) in [5.41, 5.74) is 0.921. The van der Waals surface area contributed by atoms with Gasteiger partial charge in [-0.05, 0) is 55.7 Å². The topological polar surface area (TPSA) is 59.2 Å². The summed E-state index contributed by atoms with van der Waals surface area (Å²) >= 11 is 0. The van der Waals surface area contributed by atoms with Crippen LogP contribution in [-0.2, 0) is 4.79 Å². The van der Waals surface area contributed by atoms with Crippen molar-refractivity contribution in [1.29, 1.82) is 0 Å². The van der Waals surface area contributed by atoms with Crippen LogP contribution in [0.25, 0.3) is 0 Å². The summed E-state index contributed by atoms with van der Waals surface area (Å²) < 4.78 is 18.8. The van der Waals surface area contributed by atoms with Crippen LogP contribution in [0.2, 0.25) is 0 Å². The third kappa shape index (κ3) is 2.73. The molecule has 3 fully saturated rings. The Kier molecular flexibility index (Phi) is 3.40. The molecule has 5 nitrogen and oxygen atoms in total. The van der Waals surface area contributed by atoms with E-state index < -0.39 is 0 Å². The minimum absolute atomic E-state index is 0.0443. The van der Waals surface area contributed by atoms with Gasteiger partial charge in [0.1, 0.15) is 5.82 Å². The molecule has 0 spiro atoms. The van der Waals surface area contributed by atoms with Crippen molar-refractivity contribution in [3.05, 3.63) is 47.4 Å². The molecular weight excluding hydrogens is 321 g/mol. The van der Waals surface area contributed by atoms with E-state index in [0.717, 1.165) is 50.1 Å². The number of amides is 1. The monoisotopic (exact) mass is 341 g/mol. The number of rotatable bonds is 4. The predicted octanol–water partition coefficient (Wildman–Crippen LogP) is 3.55. The first kappa shape index (κ1) is 15.0. The molecule has 25 heavy (non-hydrogen) atoms. The van der Waals surface area contributed by atoms with Crippen molar-refractivity contribution in [2.75, 3.05) is 6.54 Å². The molecule has 2 aromatic rings. The lowest BCUT2D eigenvalue weighted by atomic mass is 10.1. The molecule has 3 atom stereocenters. The van der Waals surface area contributed by atoms with Crippen LogP contribution in [0.4, 0.5) is 4.39 Å². The standard InChI is InChI=1S/C19H20FN3O2/c20-13-4-1-3-12(9-13)14-10-15(14)19(24)23-8-2-5-16(23)17-21-18(25-22-17)11-6-7-11/h1,3-4,9,11,14-16H,2,5-8,10H2/t14-,15+,16-/m0/s1. The fraction of sp³-hybridized carbons (Fsp3) is 0.526. The third-order valence-electron chi connectivity index (χ3n) is 5.60. The molecule has 0 bridgehead atoms. The van der Waals surface area contributed by atoms with Gasteiger partial charge in [0.25, 0.3) is 0 Å². The number of nitrogens with zero attached hydrogens (tertiary/aromatic N) is 3. The van der Waals surface area contributed by atoms with E-state index in [2.05, 4.69) is 10.1 Å². The van der Waals surface area contributed by atoms with Gasteiger partial charge in [-0.3, -0.25) is 4.79 Å². The van der Waals surface area contributed by atoms with Gasteiger partial charge in [0.15, 0.2) is 5.82 Å². The van der Waals surface area contributed by atoms with E-state index in [9.17, 15) is 9.18 Å². The molecule has 2 heterocycles. The molecule has 1 aromatic carbocycles. The van der Waals surface area contributed by atoms with Gasteiger partial charge in [-0.25, -0.2) is 4.39 Å². The molecule has 1 aromatic heterocycles. The fourth-order valence-electron chi connectivity index (χ4n) is 3.96. The van der Waals surface area contributed by atoms with Crippen LogP contribution in [0.1, 0.15) is 67.3 Å². The fourth-order valence-corrected chi connectivity index (χ4v) is 3.96. The van der Waals surface area contributed by atoms with E-state index in [1.54, 1.807) is 12.1 Å². The highest BCUT2D eigenvalue weighted by Gasteiger charge is 2.48. The van der Waals surface area contributed by atoms with Gasteiger partial charge in [0.2, 0.25) is 11.8 Å². The Morgan fingerprint density at radius 1 is 1.28 bits per heavy atom. The van der Waals surface area contributed by atoms with Crippen LogP contribution in [0.15, 0.2) is 28.8 Å². The number of hydrogen-bond acceptors (Lipinski definition) is 4. The number of carbonyl (C=O) groups is 1. The van der Waals surface area contributed by atoms with Gasteiger partial charge in [-0.2, -0.15) is 4.98 Å². The first-order valence-electron chi connectivity index (χ1n) is 9.10. The van der Waals surface area contributed by atoms with Crippen molar-refractivity contribution in [2.24, 2.45) is 5.92 Å². The molecule has 2 saturated carbocycles. The summed E-state index contributed by atoms with van der Waals surface area (Å²) in [5, 5.41) is 4.13. The molecule has 130 valence electrons. The van der Waals surface area contributed by atoms with Gasteiger partial charge in [0, 0.05) is 18.4 Å². The van der Waals surface area contributed by atoms with Gasteiger partial charge in [-0.15, -0.1) is 0 Å². The SMILES string of the molecule is O=C([C@@H]1C[C@H]1c1cccc(F)c1)N1CCC[C@H]1c1noc(C2CC2)n1. The molecule has 1 aliphatic heterocycles. The highest BCUT2D eigenvalue weighted by molar-refractivity contribution is 5.83. The summed E-state index contributed by atoms with van der Waals surface area (Å²) in [5.74, 6) is 1.79. The van der Waals surface area contributed by atoms with Gasteiger partial charge in [-0.1, -0.05) is 17.3 Å². The smallest absolute Gasteiger partial charge is 0.229 e. The molecule has 0 N–H and O–H groups in total. The van der Waals surface area contributed by atoms with Gasteiger partial charge >= 0.3 is 0 Å². The maximum Gasteiger partial charge on any atom is 0.229 e. The number of likely N-dealkylation sites (tertiary alicyclic amines) is 1. The second kappa shape index (κ2) is 5.64. The predicted molar refractivity (Wildman–Crippen MR) is 87.2 cm³/mol. The van der Waals surface area contributed by atoms with Crippen molar-refractivity contribution in [3.63, 3.8) is 0 Å². The van der Waals surface area contributed by atoms with E-state index in [-0.39, 0.29) is 29.6 Å². The Labute approximate surface area is 145 Å². The van der Waals surface area contributed by atoms with Crippen LogP contribution in [-0.4, -0.2) is 27.5 Å². The lowest BCUT2D eigenvalue weighted by molar-refractivity contribution is -0.133. The average molecular weight is 341 g/mol. The van der Waals surface area contributed by atoms with Crippen molar-refractivity contribution in [3.8, 4) is 0 Å². The van der Waals surface area contributed by atoms with Crippen molar-refractivity contribution >= 4 is 5.91 Å². The summed E-state index contributed by atoms with van der Waals surface area (Å²) in [4.78, 5) is 19.4. The number of carbonyl (C=O) groups excluding carboxylic acids is 1. The van der Waals surface area contributed by atoms with E-state index in [1.807, 2.05) is 11.0 Å². The Morgan fingerprint density at radius 2 is 2.16 bits per heavy atom. The molecule has 1 amide bonds. The Morgan fingerprint density at radius 3 is 2.96 bits per heavy atom. The second-order valence-corrected chi connectivity index (χ2v) is 7.46. The van der Waals surface area contributed by atoms with Crippen LogP contribution in [0, 0.1) is 11.7 Å². The molecular formula is C19H20FN3O2. The molecule has 5 rings (SSSR count). The molecule has 2 aliphatic carbocycles. The minimum atomic E-state index is -0.242. The van der Waals surface area contributed by atoms with Crippen LogP contribution in [0.5, 0.6) is 0 Å². The largest absolute Gasteiger partial charge is 0.339 e. The van der Waals surface area contributed by atoms with E-state index in [0.29, 0.717) is 11.7 Å². The summed E-state index contributed by atoms with van der Waals surface area (Å²) in [6.45, 7) is 0.739. The van der Waals surface area contributed by atoms with Crippen molar-refractivity contribution in [1.82, 2.24) is 15.0 Å². The molecule has 0 radical (unpaired) electrons. The maximum atomic E-state index is 13.4. The number of aromatic nitrogens is 2. The summed E-state index contributed by atoms with van der Waals surface area (Å²) in [7, 11) is 0. The highest BCUT2D eigenvalue weighted by atomic mass is 19.1. The first-order chi connectivity index (χ1) is 12.2. The Hall–Kier alpha value is -2.24. The first-order valence-corrected chi connectivity index (χ1v) is 9.10. The lowest BCUT2D eigenvalue weighted by Gasteiger charge is -2.22. The number of hydrogen-bond donors (Lipinski definition) is 0. The zero-order chi connectivity index (χ0) is 17.0.